The summed E-state index contributed by atoms with van der Waals surface area (Å²) in [5.41, 5.74) is 1.50. The zero-order valence-corrected chi connectivity index (χ0v) is 10.2. The van der Waals surface area contributed by atoms with Crippen LogP contribution in [0.4, 0.5) is 0 Å². The Morgan fingerprint density at radius 3 is 2.53 bits per heavy atom. The van der Waals surface area contributed by atoms with E-state index in [0.717, 1.165) is 11.1 Å². The third-order valence-corrected chi connectivity index (χ3v) is 2.43. The van der Waals surface area contributed by atoms with Crippen LogP contribution >= 0.6 is 0 Å². The molecule has 1 rings (SSSR count). The molecule has 0 heterocycles. The van der Waals surface area contributed by atoms with Gasteiger partial charge in [0.15, 0.2) is 0 Å². The number of benzene rings is 1. The predicted molar refractivity (Wildman–Crippen MR) is 65.4 cm³/mol. The van der Waals surface area contributed by atoms with E-state index in [1.165, 1.54) is 6.08 Å². The fourth-order valence-corrected chi connectivity index (χ4v) is 1.58. The number of hydrogen-bond donors (Lipinski definition) is 1. The quantitative estimate of drug-likeness (QED) is 0.798. The summed E-state index contributed by atoms with van der Waals surface area (Å²) in [5.74, 6) is 0.329. The number of methoxy groups -OCH3 is 2. The molecule has 0 bridgehead atoms. The Hall–Kier alpha value is -1.97. The van der Waals surface area contributed by atoms with Gasteiger partial charge < -0.3 is 14.6 Å². The molecule has 4 heteroatoms. The monoisotopic (exact) mass is 236 g/mol. The maximum Gasteiger partial charge on any atom is 0.328 e. The number of rotatable bonds is 5. The molecule has 0 unspecified atom stereocenters. The standard InChI is InChI=1S/C13H16O4/c1-4-9(7-13(14)15)11-6-5-10(16-2)8-12(11)17-3/h5-8H,4H2,1-3H3,(H,14,15)/b9-7+. The van der Waals surface area contributed by atoms with Gasteiger partial charge in [-0.25, -0.2) is 4.79 Å². The van der Waals surface area contributed by atoms with Gasteiger partial charge in [-0.15, -0.1) is 0 Å². The molecule has 0 aliphatic heterocycles. The van der Waals surface area contributed by atoms with Gasteiger partial charge in [-0.3, -0.25) is 0 Å². The molecule has 0 amide bonds. The minimum Gasteiger partial charge on any atom is -0.497 e. The lowest BCUT2D eigenvalue weighted by atomic mass is 10.0. The summed E-state index contributed by atoms with van der Waals surface area (Å²) in [6, 6.07) is 5.32. The number of aliphatic carboxylic acids is 1. The predicted octanol–water partition coefficient (Wildman–Crippen LogP) is 2.58. The molecule has 0 fully saturated rings. The number of carboxylic acids is 1. The van der Waals surface area contributed by atoms with Crippen LogP contribution in [0.5, 0.6) is 11.5 Å². The summed E-state index contributed by atoms with van der Waals surface area (Å²) in [5, 5.41) is 8.80. The second-order valence-corrected chi connectivity index (χ2v) is 3.43. The van der Waals surface area contributed by atoms with Gasteiger partial charge in [-0.1, -0.05) is 6.92 Å². The Morgan fingerprint density at radius 2 is 2.06 bits per heavy atom. The van der Waals surface area contributed by atoms with E-state index >= 15 is 0 Å². The Labute approximate surface area is 100 Å². The van der Waals surface area contributed by atoms with Gasteiger partial charge in [0.2, 0.25) is 0 Å². The zero-order chi connectivity index (χ0) is 12.8. The van der Waals surface area contributed by atoms with Gasteiger partial charge in [0, 0.05) is 17.7 Å². The highest BCUT2D eigenvalue weighted by molar-refractivity contribution is 5.91. The second kappa shape index (κ2) is 5.94. The summed E-state index contributed by atoms with van der Waals surface area (Å²) in [6.45, 7) is 1.90. The maximum atomic E-state index is 10.7. The van der Waals surface area contributed by atoms with E-state index in [1.807, 2.05) is 6.92 Å². The van der Waals surface area contributed by atoms with Gasteiger partial charge in [-0.05, 0) is 24.1 Å². The molecular weight excluding hydrogens is 220 g/mol. The SMILES string of the molecule is CC/C(=C\C(=O)O)c1ccc(OC)cc1OC. The zero-order valence-electron chi connectivity index (χ0n) is 10.2. The van der Waals surface area contributed by atoms with Crippen LogP contribution in [0, 0.1) is 0 Å². The largest absolute Gasteiger partial charge is 0.497 e. The highest BCUT2D eigenvalue weighted by atomic mass is 16.5. The highest BCUT2D eigenvalue weighted by Gasteiger charge is 2.09. The van der Waals surface area contributed by atoms with Gasteiger partial charge in [0.1, 0.15) is 11.5 Å². The van der Waals surface area contributed by atoms with E-state index in [0.29, 0.717) is 17.9 Å². The molecule has 4 nitrogen and oxygen atoms in total. The molecule has 0 atom stereocenters. The van der Waals surface area contributed by atoms with Crippen LogP contribution in [-0.2, 0) is 4.79 Å². The summed E-state index contributed by atoms with van der Waals surface area (Å²) < 4.78 is 10.3. The van der Waals surface area contributed by atoms with Crippen LogP contribution in [0.15, 0.2) is 24.3 Å². The average molecular weight is 236 g/mol. The Kier molecular flexibility index (Phi) is 4.57. The van der Waals surface area contributed by atoms with Crippen LogP contribution < -0.4 is 9.47 Å². The molecule has 0 spiro atoms. The Morgan fingerprint density at radius 1 is 1.35 bits per heavy atom. The first-order chi connectivity index (χ1) is 8.12. The molecule has 0 aromatic heterocycles. The molecule has 1 aromatic rings. The van der Waals surface area contributed by atoms with E-state index in [2.05, 4.69) is 0 Å². The van der Waals surface area contributed by atoms with Crippen molar-refractivity contribution in [2.75, 3.05) is 14.2 Å². The van der Waals surface area contributed by atoms with Crippen molar-refractivity contribution in [3.8, 4) is 11.5 Å². The second-order valence-electron chi connectivity index (χ2n) is 3.43. The molecule has 0 radical (unpaired) electrons. The molecular formula is C13H16O4. The summed E-state index contributed by atoms with van der Waals surface area (Å²) in [7, 11) is 3.12. The van der Waals surface area contributed by atoms with Crippen LogP contribution in [-0.4, -0.2) is 25.3 Å². The lowest BCUT2D eigenvalue weighted by molar-refractivity contribution is -0.131. The number of hydrogen-bond acceptors (Lipinski definition) is 3. The Bertz CT molecular complexity index is 435. The fraction of sp³-hybridized carbons (Fsp3) is 0.308. The van der Waals surface area contributed by atoms with Gasteiger partial charge in [0.05, 0.1) is 14.2 Å². The van der Waals surface area contributed by atoms with Crippen LogP contribution in [0.25, 0.3) is 5.57 Å². The number of carbonyl (C=O) groups is 1. The summed E-state index contributed by atoms with van der Waals surface area (Å²) in [6.07, 6.45) is 1.82. The van der Waals surface area contributed by atoms with Gasteiger partial charge in [0.25, 0.3) is 0 Å². The van der Waals surface area contributed by atoms with Crippen LogP contribution in [0.2, 0.25) is 0 Å². The molecule has 0 saturated carbocycles. The molecule has 1 aromatic carbocycles. The van der Waals surface area contributed by atoms with E-state index in [-0.39, 0.29) is 0 Å². The molecule has 0 aliphatic carbocycles. The summed E-state index contributed by atoms with van der Waals surface area (Å²) >= 11 is 0. The van der Waals surface area contributed by atoms with Crippen molar-refractivity contribution >= 4 is 11.5 Å². The Balaban J connectivity index is 3.24. The highest BCUT2D eigenvalue weighted by Crippen LogP contribution is 2.31. The number of carboxylic acid groups (broad SMARTS) is 1. The summed E-state index contributed by atoms with van der Waals surface area (Å²) in [4.78, 5) is 10.7. The first kappa shape index (κ1) is 13.1. The average Bonchev–Trinajstić information content (AvgIpc) is 2.35. The first-order valence-corrected chi connectivity index (χ1v) is 5.28. The van der Waals surface area contributed by atoms with Crippen molar-refractivity contribution < 1.29 is 19.4 Å². The van der Waals surface area contributed by atoms with Crippen LogP contribution in [0.1, 0.15) is 18.9 Å². The van der Waals surface area contributed by atoms with Crippen molar-refractivity contribution in [1.29, 1.82) is 0 Å². The third kappa shape index (κ3) is 3.24. The molecule has 1 N–H and O–H groups in total. The molecule has 92 valence electrons. The van der Waals surface area contributed by atoms with Gasteiger partial charge >= 0.3 is 5.97 Å². The minimum atomic E-state index is -0.959. The maximum absolute atomic E-state index is 10.7. The smallest absolute Gasteiger partial charge is 0.328 e. The van der Waals surface area contributed by atoms with E-state index < -0.39 is 5.97 Å². The van der Waals surface area contributed by atoms with Gasteiger partial charge in [-0.2, -0.15) is 0 Å². The van der Waals surface area contributed by atoms with Crippen molar-refractivity contribution in [3.05, 3.63) is 29.8 Å². The van der Waals surface area contributed by atoms with Crippen molar-refractivity contribution in [2.45, 2.75) is 13.3 Å². The van der Waals surface area contributed by atoms with Crippen molar-refractivity contribution in [3.63, 3.8) is 0 Å². The van der Waals surface area contributed by atoms with E-state index in [1.54, 1.807) is 32.4 Å². The third-order valence-electron chi connectivity index (χ3n) is 2.43. The van der Waals surface area contributed by atoms with E-state index in [9.17, 15) is 4.79 Å². The first-order valence-electron chi connectivity index (χ1n) is 5.28. The molecule has 17 heavy (non-hydrogen) atoms. The minimum absolute atomic E-state index is 0.610. The topological polar surface area (TPSA) is 55.8 Å². The van der Waals surface area contributed by atoms with E-state index in [4.69, 9.17) is 14.6 Å². The fourth-order valence-electron chi connectivity index (χ4n) is 1.58. The molecule has 0 saturated heterocycles. The lowest BCUT2D eigenvalue weighted by Crippen LogP contribution is -1.96. The van der Waals surface area contributed by atoms with Crippen molar-refractivity contribution in [2.24, 2.45) is 0 Å². The number of ether oxygens (including phenoxy) is 2. The normalized spacial score (nSPS) is 11.1. The van der Waals surface area contributed by atoms with Crippen molar-refractivity contribution in [1.82, 2.24) is 0 Å². The number of allylic oxidation sites excluding steroid dienone is 1. The lowest BCUT2D eigenvalue weighted by Gasteiger charge is -2.11. The van der Waals surface area contributed by atoms with Crippen LogP contribution in [0.3, 0.4) is 0 Å². The molecule has 0 aliphatic rings.